The molecule has 16 heavy (non-hydrogen) atoms. The van der Waals surface area contributed by atoms with Crippen molar-refractivity contribution in [3.05, 3.63) is 22.9 Å². The van der Waals surface area contributed by atoms with E-state index in [1.54, 1.807) is 12.3 Å². The smallest absolute Gasteiger partial charge is 0.410 e. The predicted molar refractivity (Wildman–Crippen MR) is 59.7 cm³/mol. The van der Waals surface area contributed by atoms with Crippen molar-refractivity contribution in [2.75, 3.05) is 7.11 Å². The number of pyridine rings is 1. The van der Waals surface area contributed by atoms with Gasteiger partial charge >= 0.3 is 6.09 Å². The second-order valence-corrected chi connectivity index (χ2v) is 3.87. The Morgan fingerprint density at radius 1 is 1.56 bits per heavy atom. The van der Waals surface area contributed by atoms with Crippen molar-refractivity contribution in [3.8, 4) is 11.5 Å². The van der Waals surface area contributed by atoms with Crippen LogP contribution in [0.4, 0.5) is 4.79 Å². The van der Waals surface area contributed by atoms with Crippen molar-refractivity contribution < 1.29 is 14.3 Å². The lowest BCUT2D eigenvalue weighted by atomic mass is 10.3. The van der Waals surface area contributed by atoms with Gasteiger partial charge in [-0.25, -0.2) is 9.31 Å². The van der Waals surface area contributed by atoms with Gasteiger partial charge in [-0.15, -0.1) is 0 Å². The van der Waals surface area contributed by atoms with Gasteiger partial charge in [-0.3, -0.25) is 0 Å². The topological polar surface area (TPSA) is 78.8 Å². The Kier molecular flexibility index (Phi) is 2.69. The van der Waals surface area contributed by atoms with Gasteiger partial charge < -0.3 is 15.2 Å². The number of carbonyl (C=O) groups is 1. The van der Waals surface area contributed by atoms with Crippen LogP contribution in [0, 0.1) is 0 Å². The number of methoxy groups -OCH3 is 1. The molecule has 2 aromatic rings. The molecule has 0 aliphatic carbocycles. The molecule has 0 spiro atoms. The minimum absolute atomic E-state index is 0.261. The Morgan fingerprint density at radius 3 is 2.94 bits per heavy atom. The Labute approximate surface area is 99.1 Å². The number of hydrogen-bond donors (Lipinski definition) is 1. The number of ether oxygens (including phenoxy) is 2. The first-order valence-electron chi connectivity index (χ1n) is 4.30. The SMILES string of the molecule is COc1cc(Br)cn2ncc(OC(N)=O)c12. The molecule has 0 aliphatic rings. The van der Waals surface area contributed by atoms with E-state index in [1.807, 2.05) is 0 Å². The van der Waals surface area contributed by atoms with E-state index in [2.05, 4.69) is 21.0 Å². The second kappa shape index (κ2) is 4.01. The molecule has 0 radical (unpaired) electrons. The van der Waals surface area contributed by atoms with E-state index in [0.717, 1.165) is 4.47 Å². The average molecular weight is 286 g/mol. The molecule has 7 heteroatoms. The van der Waals surface area contributed by atoms with Gasteiger partial charge in [-0.1, -0.05) is 0 Å². The van der Waals surface area contributed by atoms with Crippen LogP contribution in [-0.2, 0) is 0 Å². The lowest BCUT2D eigenvalue weighted by Crippen LogP contribution is -2.16. The van der Waals surface area contributed by atoms with Crippen LogP contribution >= 0.6 is 15.9 Å². The minimum atomic E-state index is -0.889. The van der Waals surface area contributed by atoms with E-state index in [9.17, 15) is 4.79 Å². The van der Waals surface area contributed by atoms with Gasteiger partial charge in [0.2, 0.25) is 0 Å². The highest BCUT2D eigenvalue weighted by Crippen LogP contribution is 2.31. The molecule has 0 aromatic carbocycles. The van der Waals surface area contributed by atoms with Crippen molar-refractivity contribution in [3.63, 3.8) is 0 Å². The Morgan fingerprint density at radius 2 is 2.31 bits per heavy atom. The number of fused-ring (bicyclic) bond motifs is 1. The van der Waals surface area contributed by atoms with E-state index in [0.29, 0.717) is 11.3 Å². The zero-order chi connectivity index (χ0) is 11.7. The van der Waals surface area contributed by atoms with Crippen LogP contribution in [0.3, 0.4) is 0 Å². The molecule has 6 nitrogen and oxygen atoms in total. The Balaban J connectivity index is 2.64. The molecular weight excluding hydrogens is 278 g/mol. The number of rotatable bonds is 2. The highest BCUT2D eigenvalue weighted by molar-refractivity contribution is 9.10. The van der Waals surface area contributed by atoms with Gasteiger partial charge in [0.05, 0.1) is 13.3 Å². The summed E-state index contributed by atoms with van der Waals surface area (Å²) in [5.41, 5.74) is 5.49. The Bertz CT molecular complexity index is 552. The molecule has 0 unspecified atom stereocenters. The van der Waals surface area contributed by atoms with Crippen LogP contribution in [0.2, 0.25) is 0 Å². The van der Waals surface area contributed by atoms with Gasteiger partial charge in [0, 0.05) is 10.7 Å². The maximum Gasteiger partial charge on any atom is 0.410 e. The maximum absolute atomic E-state index is 10.7. The normalized spacial score (nSPS) is 10.4. The first-order valence-corrected chi connectivity index (χ1v) is 5.09. The zero-order valence-electron chi connectivity index (χ0n) is 8.31. The van der Waals surface area contributed by atoms with Crippen LogP contribution in [0.15, 0.2) is 22.9 Å². The summed E-state index contributed by atoms with van der Waals surface area (Å²) in [7, 11) is 1.52. The molecule has 84 valence electrons. The summed E-state index contributed by atoms with van der Waals surface area (Å²) in [6.07, 6.45) is 2.22. The number of carbonyl (C=O) groups excluding carboxylic acids is 1. The summed E-state index contributed by atoms with van der Waals surface area (Å²) in [6.45, 7) is 0. The molecule has 0 aliphatic heterocycles. The largest absolute Gasteiger partial charge is 0.494 e. The van der Waals surface area contributed by atoms with Crippen LogP contribution in [0.5, 0.6) is 11.5 Å². The third-order valence-electron chi connectivity index (χ3n) is 1.94. The van der Waals surface area contributed by atoms with Crippen molar-refractivity contribution >= 4 is 27.5 Å². The third-order valence-corrected chi connectivity index (χ3v) is 2.37. The first kappa shape index (κ1) is 10.7. The summed E-state index contributed by atoms with van der Waals surface area (Å²) in [5.74, 6) is 0.792. The number of nitrogens with zero attached hydrogens (tertiary/aromatic N) is 2. The number of aromatic nitrogens is 2. The molecule has 0 fully saturated rings. The van der Waals surface area contributed by atoms with Crippen LogP contribution in [-0.4, -0.2) is 22.8 Å². The summed E-state index contributed by atoms with van der Waals surface area (Å²) < 4.78 is 12.3. The van der Waals surface area contributed by atoms with E-state index >= 15 is 0 Å². The van der Waals surface area contributed by atoms with Gasteiger partial charge in [0.15, 0.2) is 11.3 Å². The molecule has 0 bridgehead atoms. The summed E-state index contributed by atoms with van der Waals surface area (Å²) in [6, 6.07) is 1.74. The summed E-state index contributed by atoms with van der Waals surface area (Å²) in [4.78, 5) is 10.7. The average Bonchev–Trinajstić information content (AvgIpc) is 2.59. The fraction of sp³-hybridized carbons (Fsp3) is 0.111. The van der Waals surface area contributed by atoms with E-state index in [4.69, 9.17) is 15.2 Å². The third kappa shape index (κ3) is 1.81. The number of hydrogen-bond acceptors (Lipinski definition) is 4. The van der Waals surface area contributed by atoms with Gasteiger partial charge in [-0.2, -0.15) is 5.10 Å². The predicted octanol–water partition coefficient (Wildman–Crippen LogP) is 1.56. The molecule has 2 N–H and O–H groups in total. The van der Waals surface area contributed by atoms with Crippen molar-refractivity contribution in [2.45, 2.75) is 0 Å². The molecule has 1 amide bonds. The fourth-order valence-corrected chi connectivity index (χ4v) is 1.77. The lowest BCUT2D eigenvalue weighted by Gasteiger charge is -2.05. The number of amides is 1. The fourth-order valence-electron chi connectivity index (χ4n) is 1.36. The molecule has 2 aromatic heterocycles. The quantitative estimate of drug-likeness (QED) is 0.908. The van der Waals surface area contributed by atoms with Crippen molar-refractivity contribution in [1.82, 2.24) is 9.61 Å². The summed E-state index contributed by atoms with van der Waals surface area (Å²) >= 11 is 3.31. The number of halogens is 1. The molecular formula is C9H8BrN3O3. The highest BCUT2D eigenvalue weighted by atomic mass is 79.9. The van der Waals surface area contributed by atoms with Gasteiger partial charge in [0.25, 0.3) is 0 Å². The monoisotopic (exact) mass is 285 g/mol. The molecule has 0 atom stereocenters. The van der Waals surface area contributed by atoms with Crippen molar-refractivity contribution in [1.29, 1.82) is 0 Å². The van der Waals surface area contributed by atoms with Crippen LogP contribution in [0.25, 0.3) is 5.52 Å². The van der Waals surface area contributed by atoms with E-state index < -0.39 is 6.09 Å². The Hall–Kier alpha value is -1.76. The number of primary amides is 1. The van der Waals surface area contributed by atoms with Crippen LogP contribution < -0.4 is 15.2 Å². The maximum atomic E-state index is 10.7. The zero-order valence-corrected chi connectivity index (χ0v) is 9.89. The minimum Gasteiger partial charge on any atom is -0.494 e. The second-order valence-electron chi connectivity index (χ2n) is 2.95. The van der Waals surface area contributed by atoms with Gasteiger partial charge in [-0.05, 0) is 22.0 Å². The van der Waals surface area contributed by atoms with Gasteiger partial charge in [0.1, 0.15) is 5.75 Å². The first-order chi connectivity index (χ1) is 7.61. The lowest BCUT2D eigenvalue weighted by molar-refractivity contribution is 0.211. The van der Waals surface area contributed by atoms with E-state index in [1.165, 1.54) is 17.8 Å². The standard InChI is InChI=1S/C9H8BrN3O3/c1-15-6-2-5(10)4-13-8(6)7(3-12-13)16-9(11)14/h2-4H,1H3,(H2,11,14). The number of nitrogens with two attached hydrogens (primary N) is 1. The molecule has 0 saturated carbocycles. The van der Waals surface area contributed by atoms with E-state index in [-0.39, 0.29) is 5.75 Å². The molecule has 2 rings (SSSR count). The van der Waals surface area contributed by atoms with Crippen molar-refractivity contribution in [2.24, 2.45) is 5.73 Å². The molecule has 0 saturated heterocycles. The molecule has 2 heterocycles. The highest BCUT2D eigenvalue weighted by Gasteiger charge is 2.13. The van der Waals surface area contributed by atoms with Crippen LogP contribution in [0.1, 0.15) is 0 Å². The summed E-state index contributed by atoms with van der Waals surface area (Å²) in [5, 5.41) is 4.02.